The van der Waals surface area contributed by atoms with Gasteiger partial charge in [-0.1, -0.05) is 65.8 Å². The summed E-state index contributed by atoms with van der Waals surface area (Å²) in [7, 11) is -3.38. The number of sulfonamides is 1. The van der Waals surface area contributed by atoms with Gasteiger partial charge in [0.15, 0.2) is 5.82 Å². The number of rotatable bonds is 7. The summed E-state index contributed by atoms with van der Waals surface area (Å²) in [5.74, 6) is 1.14. The first-order valence-electron chi connectivity index (χ1n) is 9.89. The first kappa shape index (κ1) is 19.8. The van der Waals surface area contributed by atoms with Gasteiger partial charge in [0.05, 0.1) is 6.26 Å². The van der Waals surface area contributed by atoms with E-state index in [1.54, 1.807) is 0 Å². The maximum Gasteiger partial charge on any atom is 0.245 e. The van der Waals surface area contributed by atoms with Crippen molar-refractivity contribution in [3.05, 3.63) is 83.5 Å². The van der Waals surface area contributed by atoms with E-state index >= 15 is 0 Å². The molecule has 2 heterocycles. The topological polar surface area (TPSA) is 76.3 Å². The number of aromatic nitrogens is 2. The molecule has 7 heteroatoms. The highest BCUT2D eigenvalue weighted by Gasteiger charge is 2.41. The van der Waals surface area contributed by atoms with E-state index in [0.29, 0.717) is 31.1 Å². The van der Waals surface area contributed by atoms with Crippen molar-refractivity contribution in [1.29, 1.82) is 0 Å². The fourth-order valence-corrected chi connectivity index (χ4v) is 5.05. The zero-order valence-corrected chi connectivity index (χ0v) is 17.3. The number of nitrogens with zero attached hydrogens (tertiary/aromatic N) is 3. The van der Waals surface area contributed by atoms with Gasteiger partial charge in [0.25, 0.3) is 0 Å². The van der Waals surface area contributed by atoms with E-state index in [0.717, 1.165) is 18.4 Å². The molecular weight excluding hydrogens is 386 g/mol. The van der Waals surface area contributed by atoms with Gasteiger partial charge < -0.3 is 4.52 Å². The molecule has 3 aromatic rings. The van der Waals surface area contributed by atoms with Crippen LogP contribution in [-0.4, -0.2) is 35.7 Å². The Labute approximate surface area is 171 Å². The van der Waals surface area contributed by atoms with Gasteiger partial charge in [-0.25, -0.2) is 8.42 Å². The average molecular weight is 412 g/mol. The summed E-state index contributed by atoms with van der Waals surface area (Å²) in [5, 5.41) is 4.10. The molecule has 1 aromatic heterocycles. The summed E-state index contributed by atoms with van der Waals surface area (Å²) in [4.78, 5) is 4.53. The van der Waals surface area contributed by atoms with Gasteiger partial charge in [0.2, 0.25) is 15.9 Å². The molecule has 0 unspecified atom stereocenters. The number of hydrogen-bond donors (Lipinski definition) is 0. The summed E-state index contributed by atoms with van der Waals surface area (Å²) >= 11 is 0. The van der Waals surface area contributed by atoms with Crippen molar-refractivity contribution in [1.82, 2.24) is 14.4 Å². The van der Waals surface area contributed by atoms with Crippen LogP contribution in [0.4, 0.5) is 0 Å². The van der Waals surface area contributed by atoms with Crippen LogP contribution in [0.1, 0.15) is 47.6 Å². The predicted octanol–water partition coefficient (Wildman–Crippen LogP) is 3.74. The zero-order valence-electron chi connectivity index (χ0n) is 16.4. The number of hydrogen-bond acceptors (Lipinski definition) is 5. The van der Waals surface area contributed by atoms with Crippen LogP contribution in [0.2, 0.25) is 0 Å². The molecule has 0 radical (unpaired) electrons. The van der Waals surface area contributed by atoms with Crippen molar-refractivity contribution < 1.29 is 12.9 Å². The first-order chi connectivity index (χ1) is 14.0. The van der Waals surface area contributed by atoms with Gasteiger partial charge in [0, 0.05) is 13.0 Å². The van der Waals surface area contributed by atoms with Crippen molar-refractivity contribution in [2.24, 2.45) is 0 Å². The van der Waals surface area contributed by atoms with Gasteiger partial charge in [-0.3, -0.25) is 0 Å². The van der Waals surface area contributed by atoms with Crippen LogP contribution in [0.3, 0.4) is 0 Å². The van der Waals surface area contributed by atoms with E-state index in [1.165, 1.54) is 16.1 Å². The van der Waals surface area contributed by atoms with E-state index in [9.17, 15) is 8.42 Å². The van der Waals surface area contributed by atoms with Gasteiger partial charge in [-0.2, -0.15) is 9.29 Å². The molecule has 6 nitrogen and oxygen atoms in total. The Hall–Kier alpha value is -2.51. The average Bonchev–Trinajstić information content (AvgIpc) is 3.36. The highest BCUT2D eigenvalue weighted by Crippen LogP contribution is 2.41. The molecule has 0 aliphatic carbocycles. The van der Waals surface area contributed by atoms with Crippen LogP contribution in [0.25, 0.3) is 0 Å². The number of aryl methyl sites for hydroxylation is 2. The minimum absolute atomic E-state index is 0.115. The Kier molecular flexibility index (Phi) is 5.78. The molecule has 4 rings (SSSR count). The second-order valence-electron chi connectivity index (χ2n) is 7.58. The smallest absolute Gasteiger partial charge is 0.245 e. The second kappa shape index (κ2) is 8.47. The molecule has 0 spiro atoms. The molecule has 1 saturated heterocycles. The minimum atomic E-state index is -3.38. The number of benzene rings is 2. The van der Waals surface area contributed by atoms with Crippen LogP contribution >= 0.6 is 0 Å². The summed E-state index contributed by atoms with van der Waals surface area (Å²) in [6.45, 7) is 0.430. The Balaban J connectivity index is 1.46. The van der Waals surface area contributed by atoms with Gasteiger partial charge >= 0.3 is 0 Å². The van der Waals surface area contributed by atoms with E-state index in [-0.39, 0.29) is 5.92 Å². The molecular formula is C22H25N3O3S. The highest BCUT2D eigenvalue weighted by molar-refractivity contribution is 7.88. The fraction of sp³-hybridized carbons (Fsp3) is 0.364. The maximum atomic E-state index is 12.4. The second-order valence-corrected chi connectivity index (χ2v) is 9.51. The van der Waals surface area contributed by atoms with Crippen molar-refractivity contribution in [3.8, 4) is 0 Å². The van der Waals surface area contributed by atoms with Gasteiger partial charge in [-0.05, 0) is 36.3 Å². The summed E-state index contributed by atoms with van der Waals surface area (Å²) in [6, 6.07) is 19.9. The SMILES string of the molecule is CS(=O)(=O)N1C[C@H](c2ccccc2)C[C@H]1c1nc(CCCc2ccccc2)no1. The monoisotopic (exact) mass is 411 g/mol. The van der Waals surface area contributed by atoms with E-state index in [2.05, 4.69) is 22.3 Å². The normalized spacial score (nSPS) is 20.2. The molecule has 2 aromatic carbocycles. The van der Waals surface area contributed by atoms with E-state index < -0.39 is 16.1 Å². The lowest BCUT2D eigenvalue weighted by atomic mass is 9.96. The lowest BCUT2D eigenvalue weighted by Crippen LogP contribution is -2.30. The molecule has 0 N–H and O–H groups in total. The van der Waals surface area contributed by atoms with Crippen LogP contribution < -0.4 is 0 Å². The molecule has 0 amide bonds. The Morgan fingerprint density at radius 1 is 1.03 bits per heavy atom. The lowest BCUT2D eigenvalue weighted by Gasteiger charge is -2.18. The third-order valence-corrected chi connectivity index (χ3v) is 6.69. The van der Waals surface area contributed by atoms with E-state index in [4.69, 9.17) is 4.52 Å². The molecule has 152 valence electrons. The third-order valence-electron chi connectivity index (χ3n) is 5.43. The molecule has 1 fully saturated rings. The quantitative estimate of drug-likeness (QED) is 0.592. The van der Waals surface area contributed by atoms with Crippen molar-refractivity contribution in [2.75, 3.05) is 12.8 Å². The standard InChI is InChI=1S/C22H25N3O3S/c1-29(26,27)25-16-19(18-12-6-3-7-13-18)15-20(25)22-23-21(24-28-22)14-8-11-17-9-4-2-5-10-17/h2-7,9-10,12-13,19-20H,8,11,14-16H2,1H3/t19-,20+/m1/s1. The zero-order chi connectivity index (χ0) is 20.3. The Morgan fingerprint density at radius 3 is 2.41 bits per heavy atom. The fourth-order valence-electron chi connectivity index (χ4n) is 3.96. The first-order valence-corrected chi connectivity index (χ1v) is 11.7. The van der Waals surface area contributed by atoms with Gasteiger partial charge in [0.1, 0.15) is 6.04 Å². The van der Waals surface area contributed by atoms with Crippen LogP contribution in [0.15, 0.2) is 65.2 Å². The summed E-state index contributed by atoms with van der Waals surface area (Å²) in [6.07, 6.45) is 4.44. The molecule has 29 heavy (non-hydrogen) atoms. The molecule has 0 saturated carbocycles. The maximum absolute atomic E-state index is 12.4. The lowest BCUT2D eigenvalue weighted by molar-refractivity contribution is 0.290. The largest absolute Gasteiger partial charge is 0.338 e. The molecule has 2 atom stereocenters. The molecule has 1 aliphatic rings. The molecule has 1 aliphatic heterocycles. The summed E-state index contributed by atoms with van der Waals surface area (Å²) < 4.78 is 31.7. The van der Waals surface area contributed by atoms with Crippen LogP contribution in [-0.2, 0) is 22.9 Å². The van der Waals surface area contributed by atoms with Crippen molar-refractivity contribution in [3.63, 3.8) is 0 Å². The highest BCUT2D eigenvalue weighted by atomic mass is 32.2. The Morgan fingerprint density at radius 2 is 1.72 bits per heavy atom. The predicted molar refractivity (Wildman–Crippen MR) is 111 cm³/mol. The van der Waals surface area contributed by atoms with Crippen molar-refractivity contribution >= 4 is 10.0 Å². The third kappa shape index (κ3) is 4.74. The minimum Gasteiger partial charge on any atom is -0.338 e. The summed E-state index contributed by atoms with van der Waals surface area (Å²) in [5.41, 5.74) is 2.41. The van der Waals surface area contributed by atoms with Crippen molar-refractivity contribution in [2.45, 2.75) is 37.6 Å². The van der Waals surface area contributed by atoms with E-state index in [1.807, 2.05) is 48.5 Å². The van der Waals surface area contributed by atoms with Crippen LogP contribution in [0, 0.1) is 0 Å². The van der Waals surface area contributed by atoms with Gasteiger partial charge in [-0.15, -0.1) is 0 Å². The molecule has 0 bridgehead atoms. The van der Waals surface area contributed by atoms with Crippen LogP contribution in [0.5, 0.6) is 0 Å². The Bertz CT molecular complexity index is 1040.